The first kappa shape index (κ1) is 69.5. The summed E-state index contributed by atoms with van der Waals surface area (Å²) in [5.74, 6) is -0.0230. The van der Waals surface area contributed by atoms with Gasteiger partial charge in [-0.25, -0.2) is 19.2 Å². The highest BCUT2D eigenvalue weighted by Crippen LogP contribution is 2.21. The number of hydrogen-bond acceptors (Lipinski definition) is 12. The zero-order valence-corrected chi connectivity index (χ0v) is 46.4. The van der Waals surface area contributed by atoms with Crippen molar-refractivity contribution in [3.63, 3.8) is 0 Å². The topological polar surface area (TPSA) is 186 Å². The van der Waals surface area contributed by atoms with E-state index < -0.39 is 45.0 Å². The van der Waals surface area contributed by atoms with E-state index >= 15 is 0 Å². The maximum absolute atomic E-state index is 11.3. The quantitative estimate of drug-likeness (QED) is 0.00954. The first-order chi connectivity index (χ1) is 29.6. The van der Waals surface area contributed by atoms with Gasteiger partial charge in [0.05, 0.1) is 58.9 Å². The molecule has 0 aromatic carbocycles. The third kappa shape index (κ3) is 52.0. The number of ether oxygens (including phenoxy) is 4. The number of rotatable bonds is 32. The number of esters is 4. The van der Waals surface area contributed by atoms with Crippen LogP contribution in [0.15, 0.2) is 74.9 Å². The molecule has 0 fully saturated rings. The molecule has 0 bridgehead atoms. The van der Waals surface area contributed by atoms with E-state index in [-0.39, 0.29) is 36.3 Å². The Hall–Kier alpha value is -2.49. The molecular weight excluding hydrogens is 937 g/mol. The SMILES string of the molecule is C=C(CO)C(=O)OCCC[Si](C)(C)CCCOC(=O)C(=C)CO.C=CC(=O)OCCC[Si](C)(C)CCCOC(=O)C=C.C=CC[Si](C)(C)CC=C.CBr.C[SiH](CCCO)CCCO. The number of hydrogen-bond donors (Lipinski definition) is 4. The largest absolute Gasteiger partial charge is 0.463 e. The van der Waals surface area contributed by atoms with Gasteiger partial charge in [0.15, 0.2) is 0 Å². The molecule has 0 atom stereocenters. The predicted octanol–water partition coefficient (Wildman–Crippen LogP) is 9.28. The highest BCUT2D eigenvalue weighted by Gasteiger charge is 2.21. The molecule has 0 radical (unpaired) electrons. The van der Waals surface area contributed by atoms with E-state index in [1.807, 2.05) is 18.0 Å². The van der Waals surface area contributed by atoms with Gasteiger partial charge in [0.1, 0.15) is 0 Å². The average Bonchev–Trinajstić information content (AvgIpc) is 3.25. The van der Waals surface area contributed by atoms with Crippen molar-refractivity contribution < 1.29 is 58.6 Å². The minimum atomic E-state index is -1.44. The Morgan fingerprint density at radius 1 is 0.524 bits per heavy atom. The Morgan fingerprint density at radius 2 is 0.810 bits per heavy atom. The maximum Gasteiger partial charge on any atom is 0.335 e. The fraction of sp³-hybridized carbons (Fsp3) is 0.652. The summed E-state index contributed by atoms with van der Waals surface area (Å²) >= 11 is 2.94. The number of aliphatic hydroxyl groups is 4. The summed E-state index contributed by atoms with van der Waals surface area (Å²) in [6.45, 7) is 38.4. The summed E-state index contributed by atoms with van der Waals surface area (Å²) < 4.78 is 19.9. The molecule has 0 aromatic rings. The van der Waals surface area contributed by atoms with Crippen LogP contribution in [-0.2, 0) is 38.1 Å². The lowest BCUT2D eigenvalue weighted by molar-refractivity contribution is -0.140. The third-order valence-electron chi connectivity index (χ3n) is 9.34. The molecule has 0 aliphatic heterocycles. The van der Waals surface area contributed by atoms with Crippen molar-refractivity contribution in [2.24, 2.45) is 0 Å². The summed E-state index contributed by atoms with van der Waals surface area (Å²) in [6, 6.07) is 9.01. The second-order valence-corrected chi connectivity index (χ2v) is 36.4. The predicted molar refractivity (Wildman–Crippen MR) is 278 cm³/mol. The second-order valence-electron chi connectivity index (χ2n) is 17.3. The zero-order valence-electron chi connectivity index (χ0n) is 40.6. The molecule has 0 amide bonds. The van der Waals surface area contributed by atoms with E-state index in [0.29, 0.717) is 39.6 Å². The molecule has 17 heteroatoms. The molecule has 0 aliphatic carbocycles. The number of carbonyl (C=O) groups excluding carboxylic acids is 4. The fourth-order valence-corrected chi connectivity index (χ4v) is 14.2. The van der Waals surface area contributed by atoms with Crippen LogP contribution in [0.5, 0.6) is 0 Å². The van der Waals surface area contributed by atoms with E-state index in [2.05, 4.69) is 101 Å². The van der Waals surface area contributed by atoms with E-state index in [1.165, 1.54) is 36.3 Å². The molecule has 368 valence electrons. The van der Waals surface area contributed by atoms with Crippen LogP contribution in [0.4, 0.5) is 0 Å². The molecule has 0 saturated carbocycles. The molecule has 0 heterocycles. The van der Waals surface area contributed by atoms with Crippen LogP contribution in [0.25, 0.3) is 0 Å². The molecule has 0 aromatic heterocycles. The van der Waals surface area contributed by atoms with Gasteiger partial charge in [0, 0.05) is 50.3 Å². The minimum Gasteiger partial charge on any atom is -0.463 e. The van der Waals surface area contributed by atoms with Gasteiger partial charge in [-0.1, -0.05) is 136 Å². The van der Waals surface area contributed by atoms with Crippen molar-refractivity contribution in [1.82, 2.24) is 0 Å². The number of allylic oxidation sites excluding steroid dienone is 2. The Labute approximate surface area is 395 Å². The van der Waals surface area contributed by atoms with Gasteiger partial charge in [-0.05, 0) is 56.4 Å². The number of halogens is 1. The summed E-state index contributed by atoms with van der Waals surface area (Å²) in [6.07, 6.45) is 11.6. The van der Waals surface area contributed by atoms with Gasteiger partial charge in [-0.3, -0.25) is 0 Å². The van der Waals surface area contributed by atoms with Crippen LogP contribution in [0.2, 0.25) is 94.2 Å². The van der Waals surface area contributed by atoms with Crippen molar-refractivity contribution in [3.05, 3.63) is 74.9 Å². The van der Waals surface area contributed by atoms with Gasteiger partial charge in [0.25, 0.3) is 0 Å². The molecule has 0 unspecified atom stereocenters. The van der Waals surface area contributed by atoms with E-state index in [4.69, 9.17) is 39.4 Å². The van der Waals surface area contributed by atoms with Crippen molar-refractivity contribution in [1.29, 1.82) is 0 Å². The molecule has 12 nitrogen and oxygen atoms in total. The van der Waals surface area contributed by atoms with Crippen molar-refractivity contribution in [3.8, 4) is 0 Å². The lowest BCUT2D eigenvalue weighted by atomic mass is 10.3. The van der Waals surface area contributed by atoms with Crippen LogP contribution < -0.4 is 0 Å². The molecule has 0 aliphatic rings. The molecular formula is C46H89BrO12Si4. The van der Waals surface area contributed by atoms with Crippen LogP contribution >= 0.6 is 15.9 Å². The van der Waals surface area contributed by atoms with Crippen LogP contribution in [0.3, 0.4) is 0 Å². The molecule has 0 saturated heterocycles. The zero-order chi connectivity index (χ0) is 49.8. The van der Waals surface area contributed by atoms with Gasteiger partial charge in [-0.15, -0.1) is 13.2 Å². The highest BCUT2D eigenvalue weighted by molar-refractivity contribution is 9.08. The van der Waals surface area contributed by atoms with Crippen LogP contribution in [-0.4, -0.2) is 136 Å². The smallest absolute Gasteiger partial charge is 0.335 e. The molecule has 4 N–H and O–H groups in total. The lowest BCUT2D eigenvalue weighted by Gasteiger charge is -2.22. The van der Waals surface area contributed by atoms with Gasteiger partial charge >= 0.3 is 23.9 Å². The summed E-state index contributed by atoms with van der Waals surface area (Å²) in [7, 11) is -4.24. The average molecular weight is 1030 g/mol. The second kappa shape index (κ2) is 46.1. The van der Waals surface area contributed by atoms with Crippen molar-refractivity contribution in [2.75, 3.05) is 58.7 Å². The number of alkyl halides is 1. The first-order valence-corrected chi connectivity index (χ1v) is 36.5. The molecule has 63 heavy (non-hydrogen) atoms. The van der Waals surface area contributed by atoms with Crippen molar-refractivity contribution in [2.45, 2.75) is 133 Å². The summed E-state index contributed by atoms with van der Waals surface area (Å²) in [4.78, 5) is 44.3. The van der Waals surface area contributed by atoms with E-state index in [0.717, 1.165) is 62.7 Å². The molecule has 0 rings (SSSR count). The van der Waals surface area contributed by atoms with Gasteiger partial charge in [0.2, 0.25) is 0 Å². The lowest BCUT2D eigenvalue weighted by Crippen LogP contribution is -2.26. The van der Waals surface area contributed by atoms with E-state index in [1.54, 1.807) is 0 Å². The maximum atomic E-state index is 11.3. The standard InChI is InChI=1S/C16H28O6Si.C14H24O4Si.C8H16Si.C7H18O2Si.CH3Br/c1-13(11-17)15(19)21-7-5-9-23(3,4)10-6-8-22-16(20)14(2)12-18;1-5-13(15)17-9-7-11-19(3,4)12-8-10-18-14(16)6-2;1-5-7-9(3,4)8-6-2;1-10(6-2-4-8)7-3-5-9;1-2/h17-18H,1-2,5-12H2,3-4H3;5-6H,1-2,7-12H2,3-4H3;5-6H,1-2,7-8H2,3-4H3;8-10H,2-7H2,1H3;1H3. The summed E-state index contributed by atoms with van der Waals surface area (Å²) in [5, 5.41) is 34.5. The van der Waals surface area contributed by atoms with Gasteiger partial charge < -0.3 is 39.4 Å². The third-order valence-corrected chi connectivity index (χ3v) is 21.7. The minimum absolute atomic E-state index is 0.0628. The first-order valence-electron chi connectivity index (χ1n) is 21.9. The Bertz CT molecular complexity index is 1190. The normalized spacial score (nSPS) is 10.6. The van der Waals surface area contributed by atoms with Crippen LogP contribution in [0, 0.1) is 0 Å². The molecule has 0 spiro atoms. The van der Waals surface area contributed by atoms with Crippen molar-refractivity contribution >= 4 is 72.8 Å². The Balaban J connectivity index is -0.000000250. The fourth-order valence-electron chi connectivity index (χ4n) is 5.47. The number of aliphatic hydroxyl groups excluding tert-OH is 4. The summed E-state index contributed by atoms with van der Waals surface area (Å²) in [5.41, 5.74) is 0.126. The van der Waals surface area contributed by atoms with E-state index in [9.17, 15) is 19.2 Å². The van der Waals surface area contributed by atoms with Crippen LogP contribution in [0.1, 0.15) is 38.5 Å². The highest BCUT2D eigenvalue weighted by atomic mass is 79.9. The number of carbonyl (C=O) groups is 4. The Morgan fingerprint density at radius 3 is 1.05 bits per heavy atom. The monoisotopic (exact) mass is 1020 g/mol. The van der Waals surface area contributed by atoms with Gasteiger partial charge in [-0.2, -0.15) is 0 Å². The Kier molecular flexibility index (Phi) is 50.8.